The summed E-state index contributed by atoms with van der Waals surface area (Å²) >= 11 is 0. The topological polar surface area (TPSA) is 21.3 Å². The van der Waals surface area contributed by atoms with Crippen molar-refractivity contribution in [3.05, 3.63) is 0 Å². The summed E-state index contributed by atoms with van der Waals surface area (Å²) in [5.74, 6) is 3.37. The SMILES string of the molecule is C#CC1CCC(OC2CCNCC2)CC1.Cl. The number of hydrogen-bond acceptors (Lipinski definition) is 2. The molecule has 0 bridgehead atoms. The predicted octanol–water partition coefficient (Wildman–Crippen LogP) is 2.37. The quantitative estimate of drug-likeness (QED) is 0.752. The zero-order valence-electron chi connectivity index (χ0n) is 9.78. The molecule has 0 aromatic heterocycles. The smallest absolute Gasteiger partial charge is 0.0603 e. The second-order valence-electron chi connectivity index (χ2n) is 4.73. The Balaban J connectivity index is 0.00000128. The maximum absolute atomic E-state index is 6.12. The van der Waals surface area contributed by atoms with E-state index in [0.717, 1.165) is 25.9 Å². The Labute approximate surface area is 105 Å². The van der Waals surface area contributed by atoms with Crippen LogP contribution in [0.2, 0.25) is 0 Å². The molecule has 1 aliphatic carbocycles. The highest BCUT2D eigenvalue weighted by molar-refractivity contribution is 5.85. The number of hydrogen-bond donors (Lipinski definition) is 1. The van der Waals surface area contributed by atoms with E-state index < -0.39 is 0 Å². The Morgan fingerprint density at radius 2 is 1.50 bits per heavy atom. The van der Waals surface area contributed by atoms with E-state index in [1.807, 2.05) is 0 Å². The van der Waals surface area contributed by atoms with Gasteiger partial charge in [0.25, 0.3) is 0 Å². The Kier molecular flexibility index (Phi) is 6.20. The summed E-state index contributed by atoms with van der Waals surface area (Å²) < 4.78 is 6.12. The monoisotopic (exact) mass is 243 g/mol. The lowest BCUT2D eigenvalue weighted by atomic mass is 9.88. The summed E-state index contributed by atoms with van der Waals surface area (Å²) in [6.45, 7) is 2.23. The molecule has 1 saturated heterocycles. The van der Waals surface area contributed by atoms with Gasteiger partial charge >= 0.3 is 0 Å². The summed E-state index contributed by atoms with van der Waals surface area (Å²) in [6.07, 6.45) is 13.4. The van der Waals surface area contributed by atoms with Crippen LogP contribution < -0.4 is 5.32 Å². The molecular weight excluding hydrogens is 222 g/mol. The third-order valence-corrected chi connectivity index (χ3v) is 3.58. The number of ether oxygens (including phenoxy) is 1. The molecule has 1 aliphatic heterocycles. The van der Waals surface area contributed by atoms with E-state index in [4.69, 9.17) is 11.2 Å². The van der Waals surface area contributed by atoms with Gasteiger partial charge in [-0.2, -0.15) is 0 Å². The zero-order valence-corrected chi connectivity index (χ0v) is 10.6. The van der Waals surface area contributed by atoms with Crippen molar-refractivity contribution < 1.29 is 4.74 Å². The van der Waals surface area contributed by atoms with E-state index in [1.165, 1.54) is 25.7 Å². The molecular formula is C13H22ClNO. The number of piperidine rings is 1. The molecule has 1 heterocycles. The van der Waals surface area contributed by atoms with Crippen LogP contribution >= 0.6 is 12.4 Å². The minimum atomic E-state index is 0. The van der Waals surface area contributed by atoms with Crippen LogP contribution in [-0.2, 0) is 4.74 Å². The van der Waals surface area contributed by atoms with Crippen molar-refractivity contribution in [2.24, 2.45) is 5.92 Å². The molecule has 0 aromatic rings. The maximum atomic E-state index is 6.12. The van der Waals surface area contributed by atoms with Gasteiger partial charge < -0.3 is 10.1 Å². The van der Waals surface area contributed by atoms with Crippen LogP contribution in [0.25, 0.3) is 0 Å². The van der Waals surface area contributed by atoms with Crippen LogP contribution in [0, 0.1) is 18.3 Å². The lowest BCUT2D eigenvalue weighted by Crippen LogP contribution is -2.35. The van der Waals surface area contributed by atoms with Crippen molar-refractivity contribution in [1.29, 1.82) is 0 Å². The van der Waals surface area contributed by atoms with Gasteiger partial charge in [-0.25, -0.2) is 0 Å². The molecule has 1 N–H and O–H groups in total. The van der Waals surface area contributed by atoms with E-state index in [1.54, 1.807) is 0 Å². The molecule has 0 spiro atoms. The normalized spacial score (nSPS) is 31.4. The Morgan fingerprint density at radius 1 is 0.938 bits per heavy atom. The molecule has 3 heteroatoms. The molecule has 2 nitrogen and oxygen atoms in total. The van der Waals surface area contributed by atoms with Crippen molar-refractivity contribution in [3.8, 4) is 12.3 Å². The molecule has 16 heavy (non-hydrogen) atoms. The summed E-state index contributed by atoms with van der Waals surface area (Å²) in [5, 5.41) is 3.36. The molecule has 0 aromatic carbocycles. The third-order valence-electron chi connectivity index (χ3n) is 3.58. The number of terminal acetylenes is 1. The van der Waals surface area contributed by atoms with Gasteiger partial charge in [0.05, 0.1) is 12.2 Å². The van der Waals surface area contributed by atoms with Crippen LogP contribution in [0.5, 0.6) is 0 Å². The van der Waals surface area contributed by atoms with Gasteiger partial charge in [-0.3, -0.25) is 0 Å². The minimum Gasteiger partial charge on any atom is -0.375 e. The largest absolute Gasteiger partial charge is 0.375 e. The fourth-order valence-electron chi connectivity index (χ4n) is 2.57. The summed E-state index contributed by atoms with van der Waals surface area (Å²) in [7, 11) is 0. The van der Waals surface area contributed by atoms with Crippen LogP contribution in [-0.4, -0.2) is 25.3 Å². The van der Waals surface area contributed by atoms with Crippen molar-refractivity contribution in [1.82, 2.24) is 5.32 Å². The first-order valence-corrected chi connectivity index (χ1v) is 6.21. The Morgan fingerprint density at radius 3 is 2.06 bits per heavy atom. The van der Waals surface area contributed by atoms with E-state index in [0.29, 0.717) is 18.1 Å². The van der Waals surface area contributed by atoms with Gasteiger partial charge in [-0.15, -0.1) is 24.8 Å². The van der Waals surface area contributed by atoms with Gasteiger partial charge in [0.2, 0.25) is 0 Å². The summed E-state index contributed by atoms with van der Waals surface area (Å²) in [5.41, 5.74) is 0. The van der Waals surface area contributed by atoms with E-state index in [-0.39, 0.29) is 12.4 Å². The molecule has 0 unspecified atom stereocenters. The van der Waals surface area contributed by atoms with Crippen LogP contribution in [0.15, 0.2) is 0 Å². The van der Waals surface area contributed by atoms with Gasteiger partial charge in [0, 0.05) is 5.92 Å². The van der Waals surface area contributed by atoms with E-state index in [9.17, 15) is 0 Å². The Hall–Kier alpha value is -0.230. The Bertz CT molecular complexity index is 225. The number of halogens is 1. The minimum absolute atomic E-state index is 0. The highest BCUT2D eigenvalue weighted by atomic mass is 35.5. The first-order chi connectivity index (χ1) is 7.38. The van der Waals surface area contributed by atoms with Gasteiger partial charge in [0.1, 0.15) is 0 Å². The number of nitrogens with one attached hydrogen (secondary N) is 1. The molecule has 2 aliphatic rings. The standard InChI is InChI=1S/C13H21NO.ClH/c1-2-11-3-5-12(6-4-11)15-13-7-9-14-10-8-13;/h1,11-14H,3-10H2;1H. The van der Waals surface area contributed by atoms with Crippen molar-refractivity contribution in [2.75, 3.05) is 13.1 Å². The lowest BCUT2D eigenvalue weighted by molar-refractivity contribution is -0.0452. The molecule has 2 rings (SSSR count). The predicted molar refractivity (Wildman–Crippen MR) is 68.8 cm³/mol. The van der Waals surface area contributed by atoms with Crippen LogP contribution in [0.3, 0.4) is 0 Å². The molecule has 0 amide bonds. The second-order valence-corrected chi connectivity index (χ2v) is 4.73. The maximum Gasteiger partial charge on any atom is 0.0603 e. The highest BCUT2D eigenvalue weighted by Gasteiger charge is 2.23. The van der Waals surface area contributed by atoms with E-state index >= 15 is 0 Å². The van der Waals surface area contributed by atoms with Crippen molar-refractivity contribution in [2.45, 2.75) is 50.7 Å². The molecule has 1 saturated carbocycles. The highest BCUT2D eigenvalue weighted by Crippen LogP contribution is 2.27. The van der Waals surface area contributed by atoms with Gasteiger partial charge in [0.15, 0.2) is 0 Å². The molecule has 0 atom stereocenters. The molecule has 2 fully saturated rings. The van der Waals surface area contributed by atoms with Crippen LogP contribution in [0.4, 0.5) is 0 Å². The van der Waals surface area contributed by atoms with Crippen molar-refractivity contribution in [3.63, 3.8) is 0 Å². The second kappa shape index (κ2) is 7.17. The average molecular weight is 244 g/mol. The molecule has 92 valence electrons. The molecule has 0 radical (unpaired) electrons. The summed E-state index contributed by atoms with van der Waals surface area (Å²) in [6, 6.07) is 0. The third kappa shape index (κ3) is 3.97. The van der Waals surface area contributed by atoms with Crippen LogP contribution in [0.1, 0.15) is 38.5 Å². The van der Waals surface area contributed by atoms with Gasteiger partial charge in [-0.1, -0.05) is 0 Å². The van der Waals surface area contributed by atoms with Gasteiger partial charge in [-0.05, 0) is 51.6 Å². The van der Waals surface area contributed by atoms with Crippen molar-refractivity contribution >= 4 is 12.4 Å². The lowest BCUT2D eigenvalue weighted by Gasteiger charge is -2.31. The van der Waals surface area contributed by atoms with E-state index in [2.05, 4.69) is 11.2 Å². The first kappa shape index (κ1) is 13.8. The fourth-order valence-corrected chi connectivity index (χ4v) is 2.57. The zero-order chi connectivity index (χ0) is 10.5. The summed E-state index contributed by atoms with van der Waals surface area (Å²) in [4.78, 5) is 0. The average Bonchev–Trinajstić information content (AvgIpc) is 2.31. The number of rotatable bonds is 2. The first-order valence-electron chi connectivity index (χ1n) is 6.21. The fraction of sp³-hybridized carbons (Fsp3) is 0.846.